The molecule has 0 fully saturated rings. The quantitative estimate of drug-likeness (QED) is 0.836. The first kappa shape index (κ1) is 12.1. The van der Waals surface area contributed by atoms with Gasteiger partial charge in [-0.2, -0.15) is 0 Å². The number of rotatable bonds is 3. The summed E-state index contributed by atoms with van der Waals surface area (Å²) in [5, 5.41) is 9.01. The van der Waals surface area contributed by atoms with Crippen LogP contribution in [0.2, 0.25) is 0 Å². The average Bonchev–Trinajstić information content (AvgIpc) is 2.38. The Bertz CT molecular complexity index is 593. The molecular formula is C14H14NO3+. The first-order chi connectivity index (χ1) is 8.63. The van der Waals surface area contributed by atoms with Gasteiger partial charge in [0, 0.05) is 16.4 Å². The molecule has 0 aliphatic carbocycles. The molecular weight excluding hydrogens is 230 g/mol. The molecule has 2 aromatic rings. The van der Waals surface area contributed by atoms with Crippen molar-refractivity contribution in [2.45, 2.75) is 6.92 Å². The first-order valence-corrected chi connectivity index (χ1v) is 5.53. The zero-order valence-corrected chi connectivity index (χ0v) is 10.3. The number of aromatic nitrogens is 1. The fraction of sp³-hybridized carbons (Fsp3) is 0.143. The minimum absolute atomic E-state index is 0.262. The van der Waals surface area contributed by atoms with Crippen molar-refractivity contribution in [2.24, 2.45) is 0 Å². The molecule has 1 aromatic heterocycles. The highest BCUT2D eigenvalue weighted by molar-refractivity contribution is 5.89. The SMILES string of the molecule is CO[n+]1cccc(C)c1-c1cccc(C(=O)O)c1. The Morgan fingerprint density at radius 2 is 2.06 bits per heavy atom. The van der Waals surface area contributed by atoms with Gasteiger partial charge < -0.3 is 5.11 Å². The van der Waals surface area contributed by atoms with Gasteiger partial charge in [-0.25, -0.2) is 4.79 Å². The van der Waals surface area contributed by atoms with Crippen LogP contribution in [0.5, 0.6) is 0 Å². The molecule has 0 radical (unpaired) electrons. The number of carbonyl (C=O) groups is 1. The second kappa shape index (κ2) is 4.87. The largest absolute Gasteiger partial charge is 0.478 e. The van der Waals surface area contributed by atoms with E-state index in [1.807, 2.05) is 25.1 Å². The zero-order valence-electron chi connectivity index (χ0n) is 10.3. The van der Waals surface area contributed by atoms with Crippen LogP contribution in [-0.2, 0) is 0 Å². The van der Waals surface area contributed by atoms with Gasteiger partial charge in [-0.3, -0.25) is 4.84 Å². The number of hydrogen-bond donors (Lipinski definition) is 1. The van der Waals surface area contributed by atoms with Gasteiger partial charge in [0.25, 0.3) is 5.69 Å². The average molecular weight is 244 g/mol. The highest BCUT2D eigenvalue weighted by Gasteiger charge is 2.18. The molecule has 18 heavy (non-hydrogen) atoms. The fourth-order valence-corrected chi connectivity index (χ4v) is 1.90. The summed E-state index contributed by atoms with van der Waals surface area (Å²) in [5.41, 5.74) is 2.94. The van der Waals surface area contributed by atoms with Gasteiger partial charge >= 0.3 is 5.97 Å². The molecule has 0 amide bonds. The summed E-state index contributed by atoms with van der Waals surface area (Å²) >= 11 is 0. The molecule has 1 aromatic carbocycles. The van der Waals surface area contributed by atoms with Crippen LogP contribution in [0.1, 0.15) is 15.9 Å². The topological polar surface area (TPSA) is 50.4 Å². The number of nitrogens with zero attached hydrogens (tertiary/aromatic N) is 1. The molecule has 1 N–H and O–H groups in total. The van der Waals surface area contributed by atoms with E-state index in [1.54, 1.807) is 36.2 Å². The van der Waals surface area contributed by atoms with E-state index in [0.29, 0.717) is 0 Å². The standard InChI is InChI=1S/C14H13NO3/c1-10-5-4-8-15(18-2)13(10)11-6-3-7-12(9-11)14(16)17/h3-9H,1-2H3/p+1. The van der Waals surface area contributed by atoms with Crippen molar-refractivity contribution in [3.63, 3.8) is 0 Å². The zero-order chi connectivity index (χ0) is 13.1. The maximum Gasteiger partial charge on any atom is 0.335 e. The van der Waals surface area contributed by atoms with Crippen LogP contribution in [0, 0.1) is 6.92 Å². The van der Waals surface area contributed by atoms with Crippen molar-refractivity contribution < 1.29 is 19.5 Å². The van der Waals surface area contributed by atoms with E-state index in [-0.39, 0.29) is 5.56 Å². The lowest BCUT2D eigenvalue weighted by molar-refractivity contribution is -0.877. The summed E-state index contributed by atoms with van der Waals surface area (Å²) in [6, 6.07) is 10.6. The van der Waals surface area contributed by atoms with Crippen LogP contribution in [0.3, 0.4) is 0 Å². The molecule has 0 spiro atoms. The van der Waals surface area contributed by atoms with Gasteiger partial charge in [-0.1, -0.05) is 6.07 Å². The Balaban J connectivity index is 2.61. The number of aryl methyl sites for hydroxylation is 1. The van der Waals surface area contributed by atoms with Gasteiger partial charge in [-0.05, 0) is 31.2 Å². The number of carboxylic acid groups (broad SMARTS) is 1. The third-order valence-electron chi connectivity index (χ3n) is 2.74. The van der Waals surface area contributed by atoms with Crippen molar-refractivity contribution in [3.8, 4) is 11.3 Å². The lowest BCUT2D eigenvalue weighted by Gasteiger charge is -2.04. The van der Waals surface area contributed by atoms with Crippen LogP contribution in [0.25, 0.3) is 11.3 Å². The number of pyridine rings is 1. The predicted molar refractivity (Wildman–Crippen MR) is 66.3 cm³/mol. The maximum absolute atomic E-state index is 11.0. The Labute approximate surface area is 105 Å². The minimum Gasteiger partial charge on any atom is -0.478 e. The molecule has 4 heteroatoms. The van der Waals surface area contributed by atoms with Crippen LogP contribution in [0.15, 0.2) is 42.6 Å². The van der Waals surface area contributed by atoms with E-state index in [9.17, 15) is 4.79 Å². The summed E-state index contributed by atoms with van der Waals surface area (Å²) in [6.45, 7) is 1.96. The van der Waals surface area contributed by atoms with Crippen molar-refractivity contribution in [1.82, 2.24) is 0 Å². The number of hydrogen-bond acceptors (Lipinski definition) is 2. The van der Waals surface area contributed by atoms with Gasteiger partial charge in [0.2, 0.25) is 6.20 Å². The van der Waals surface area contributed by atoms with Crippen LogP contribution < -0.4 is 9.57 Å². The Kier molecular flexibility index (Phi) is 3.28. The predicted octanol–water partition coefficient (Wildman–Crippen LogP) is 1.71. The molecule has 92 valence electrons. The third-order valence-corrected chi connectivity index (χ3v) is 2.74. The molecule has 1 heterocycles. The van der Waals surface area contributed by atoms with Gasteiger partial charge in [0.15, 0.2) is 0 Å². The summed E-state index contributed by atoms with van der Waals surface area (Å²) in [7, 11) is 1.57. The fourth-order valence-electron chi connectivity index (χ4n) is 1.90. The van der Waals surface area contributed by atoms with E-state index in [0.717, 1.165) is 16.8 Å². The molecule has 0 atom stereocenters. The van der Waals surface area contributed by atoms with Crippen LogP contribution in [-0.4, -0.2) is 18.2 Å². The lowest BCUT2D eigenvalue weighted by Crippen LogP contribution is -2.42. The van der Waals surface area contributed by atoms with Crippen LogP contribution in [0.4, 0.5) is 0 Å². The Morgan fingerprint density at radius 1 is 1.28 bits per heavy atom. The van der Waals surface area contributed by atoms with E-state index < -0.39 is 5.97 Å². The summed E-state index contributed by atoms with van der Waals surface area (Å²) in [6.07, 6.45) is 1.79. The highest BCUT2D eigenvalue weighted by Crippen LogP contribution is 2.20. The first-order valence-electron chi connectivity index (χ1n) is 5.53. The third kappa shape index (κ3) is 2.18. The van der Waals surface area contributed by atoms with E-state index >= 15 is 0 Å². The van der Waals surface area contributed by atoms with Crippen molar-refractivity contribution in [2.75, 3.05) is 7.11 Å². The second-order valence-corrected chi connectivity index (χ2v) is 3.93. The Morgan fingerprint density at radius 3 is 2.72 bits per heavy atom. The molecule has 0 unspecified atom stereocenters. The number of benzene rings is 1. The molecule has 0 saturated carbocycles. The van der Waals surface area contributed by atoms with Crippen molar-refractivity contribution >= 4 is 5.97 Å². The molecule has 0 aliphatic rings. The number of aromatic carboxylic acids is 1. The molecule has 0 saturated heterocycles. The normalized spacial score (nSPS) is 10.1. The molecule has 0 bridgehead atoms. The smallest absolute Gasteiger partial charge is 0.335 e. The van der Waals surface area contributed by atoms with Gasteiger partial charge in [0.1, 0.15) is 7.11 Å². The summed E-state index contributed by atoms with van der Waals surface area (Å²) < 4.78 is 1.62. The molecule has 2 rings (SSSR count). The maximum atomic E-state index is 11.0. The molecule has 4 nitrogen and oxygen atoms in total. The van der Waals surface area contributed by atoms with E-state index in [4.69, 9.17) is 9.94 Å². The second-order valence-electron chi connectivity index (χ2n) is 3.93. The number of carboxylic acids is 1. The van der Waals surface area contributed by atoms with Gasteiger partial charge in [0.05, 0.1) is 11.1 Å². The van der Waals surface area contributed by atoms with Crippen molar-refractivity contribution in [3.05, 3.63) is 53.7 Å². The van der Waals surface area contributed by atoms with Gasteiger partial charge in [-0.15, -0.1) is 0 Å². The minimum atomic E-state index is -0.936. The summed E-state index contributed by atoms with van der Waals surface area (Å²) in [4.78, 5) is 16.2. The molecule has 0 aliphatic heterocycles. The monoisotopic (exact) mass is 244 g/mol. The van der Waals surface area contributed by atoms with E-state index in [2.05, 4.69) is 0 Å². The highest BCUT2D eigenvalue weighted by atomic mass is 16.6. The van der Waals surface area contributed by atoms with E-state index in [1.165, 1.54) is 0 Å². The Hall–Kier alpha value is -2.36. The van der Waals surface area contributed by atoms with Crippen LogP contribution >= 0.6 is 0 Å². The lowest BCUT2D eigenvalue weighted by atomic mass is 10.0. The van der Waals surface area contributed by atoms with Crippen molar-refractivity contribution in [1.29, 1.82) is 0 Å². The summed E-state index contributed by atoms with van der Waals surface area (Å²) in [5.74, 6) is -0.936.